The Balaban J connectivity index is 2.31. The predicted octanol–water partition coefficient (Wildman–Crippen LogP) is 4.12. The van der Waals surface area contributed by atoms with Gasteiger partial charge in [0.25, 0.3) is 0 Å². The van der Waals surface area contributed by atoms with E-state index in [1.807, 2.05) is 30.3 Å². The lowest BCUT2D eigenvalue weighted by molar-refractivity contribution is 1.12. The SMILES string of the molecule is S=c1[nH]c(-c2nccc3ccccc23)ncc1Br. The minimum absolute atomic E-state index is 0.620. The number of fused-ring (bicyclic) bond motifs is 1. The third-order valence-corrected chi connectivity index (χ3v) is 3.84. The molecule has 0 aliphatic carbocycles. The summed E-state index contributed by atoms with van der Waals surface area (Å²) in [7, 11) is 0. The minimum Gasteiger partial charge on any atom is -0.328 e. The second kappa shape index (κ2) is 4.59. The number of nitrogens with zero attached hydrogens (tertiary/aromatic N) is 2. The number of rotatable bonds is 1. The first-order valence-corrected chi connectivity index (χ1v) is 6.55. The van der Waals surface area contributed by atoms with E-state index >= 15 is 0 Å². The van der Waals surface area contributed by atoms with Crippen LogP contribution in [0.4, 0.5) is 0 Å². The van der Waals surface area contributed by atoms with E-state index in [4.69, 9.17) is 12.2 Å². The third-order valence-electron chi connectivity index (χ3n) is 2.65. The van der Waals surface area contributed by atoms with Crippen molar-refractivity contribution in [3.63, 3.8) is 0 Å². The van der Waals surface area contributed by atoms with Crippen molar-refractivity contribution in [2.75, 3.05) is 0 Å². The van der Waals surface area contributed by atoms with Crippen molar-refractivity contribution in [3.8, 4) is 11.5 Å². The largest absolute Gasteiger partial charge is 0.328 e. The molecule has 5 heteroatoms. The number of H-pyrrole nitrogens is 1. The molecule has 0 saturated heterocycles. The first-order chi connectivity index (χ1) is 8.75. The Bertz CT molecular complexity index is 777. The standard InChI is InChI=1S/C13H8BrN3S/c14-10-7-16-12(17-13(10)18)11-9-4-2-1-3-8(9)5-6-15-11/h1-7H,(H,16,17,18). The van der Waals surface area contributed by atoms with Crippen LogP contribution in [0.2, 0.25) is 0 Å². The Morgan fingerprint density at radius 2 is 1.94 bits per heavy atom. The van der Waals surface area contributed by atoms with E-state index in [2.05, 4.69) is 30.9 Å². The minimum atomic E-state index is 0.620. The summed E-state index contributed by atoms with van der Waals surface area (Å²) in [6.07, 6.45) is 3.47. The zero-order chi connectivity index (χ0) is 12.5. The molecule has 1 aromatic carbocycles. The molecule has 2 aromatic heterocycles. The normalized spacial score (nSPS) is 10.7. The lowest BCUT2D eigenvalue weighted by atomic mass is 10.1. The second-order valence-corrected chi connectivity index (χ2v) is 5.05. The van der Waals surface area contributed by atoms with Gasteiger partial charge in [-0.3, -0.25) is 4.98 Å². The second-order valence-electron chi connectivity index (χ2n) is 3.79. The molecule has 0 atom stereocenters. The van der Waals surface area contributed by atoms with E-state index < -0.39 is 0 Å². The number of aromatic nitrogens is 3. The number of aromatic amines is 1. The number of halogens is 1. The van der Waals surface area contributed by atoms with Gasteiger partial charge in [0.05, 0.1) is 4.47 Å². The van der Waals surface area contributed by atoms with Crippen molar-refractivity contribution in [3.05, 3.63) is 51.8 Å². The van der Waals surface area contributed by atoms with Gasteiger partial charge in [-0.1, -0.05) is 36.5 Å². The first kappa shape index (κ1) is 11.5. The van der Waals surface area contributed by atoms with Crippen LogP contribution >= 0.6 is 28.1 Å². The number of hydrogen-bond donors (Lipinski definition) is 1. The van der Waals surface area contributed by atoms with Crippen molar-refractivity contribution in [1.82, 2.24) is 15.0 Å². The maximum Gasteiger partial charge on any atom is 0.157 e. The highest BCUT2D eigenvalue weighted by Crippen LogP contribution is 2.24. The summed E-state index contributed by atoms with van der Waals surface area (Å²) in [4.78, 5) is 11.8. The van der Waals surface area contributed by atoms with Gasteiger partial charge in [-0.15, -0.1) is 0 Å². The van der Waals surface area contributed by atoms with Crippen LogP contribution < -0.4 is 0 Å². The molecule has 18 heavy (non-hydrogen) atoms. The molecule has 0 fully saturated rings. The molecule has 0 saturated carbocycles. The van der Waals surface area contributed by atoms with E-state index in [0.717, 1.165) is 20.9 Å². The number of hydrogen-bond acceptors (Lipinski definition) is 3. The first-order valence-electron chi connectivity index (χ1n) is 5.34. The van der Waals surface area contributed by atoms with E-state index in [-0.39, 0.29) is 0 Å². The lowest BCUT2D eigenvalue weighted by Crippen LogP contribution is -1.93. The van der Waals surface area contributed by atoms with Gasteiger partial charge in [-0.2, -0.15) is 0 Å². The molecule has 0 aliphatic rings. The van der Waals surface area contributed by atoms with Crippen molar-refractivity contribution in [2.24, 2.45) is 0 Å². The Labute approximate surface area is 117 Å². The highest BCUT2D eigenvalue weighted by atomic mass is 79.9. The molecule has 0 spiro atoms. The molecule has 3 nitrogen and oxygen atoms in total. The third kappa shape index (κ3) is 1.95. The molecule has 2 heterocycles. The van der Waals surface area contributed by atoms with E-state index in [1.165, 1.54) is 0 Å². The monoisotopic (exact) mass is 317 g/mol. The fourth-order valence-corrected chi connectivity index (χ4v) is 2.16. The Kier molecular flexibility index (Phi) is 2.93. The topological polar surface area (TPSA) is 41.6 Å². The summed E-state index contributed by atoms with van der Waals surface area (Å²) >= 11 is 8.53. The maximum absolute atomic E-state index is 5.19. The summed E-state index contributed by atoms with van der Waals surface area (Å²) in [5.41, 5.74) is 0.812. The number of benzene rings is 1. The zero-order valence-electron chi connectivity index (χ0n) is 9.22. The van der Waals surface area contributed by atoms with E-state index in [1.54, 1.807) is 12.4 Å². The summed E-state index contributed by atoms with van der Waals surface area (Å²) < 4.78 is 1.40. The van der Waals surface area contributed by atoms with Gasteiger partial charge >= 0.3 is 0 Å². The Morgan fingerprint density at radius 3 is 2.78 bits per heavy atom. The summed E-state index contributed by atoms with van der Waals surface area (Å²) in [6, 6.07) is 10.0. The van der Waals surface area contributed by atoms with Gasteiger partial charge in [0, 0.05) is 17.8 Å². The van der Waals surface area contributed by atoms with E-state index in [0.29, 0.717) is 10.5 Å². The highest BCUT2D eigenvalue weighted by Gasteiger charge is 2.07. The van der Waals surface area contributed by atoms with Crippen LogP contribution in [0, 0.1) is 4.64 Å². The molecule has 0 amide bonds. The summed E-state index contributed by atoms with van der Waals surface area (Å²) in [6.45, 7) is 0. The van der Waals surface area contributed by atoms with E-state index in [9.17, 15) is 0 Å². The fourth-order valence-electron chi connectivity index (χ4n) is 1.81. The molecule has 0 radical (unpaired) electrons. The molecule has 0 aliphatic heterocycles. The molecule has 3 rings (SSSR count). The maximum atomic E-state index is 5.19. The van der Waals surface area contributed by atoms with Gasteiger partial charge < -0.3 is 4.98 Å². The van der Waals surface area contributed by atoms with Crippen LogP contribution in [0.5, 0.6) is 0 Å². The number of nitrogens with one attached hydrogen (secondary N) is 1. The quantitative estimate of drug-likeness (QED) is 0.686. The van der Waals surface area contributed by atoms with Gasteiger partial charge in [0.2, 0.25) is 0 Å². The summed E-state index contributed by atoms with van der Waals surface area (Å²) in [5, 5.41) is 2.19. The van der Waals surface area contributed by atoms with Gasteiger partial charge in [0.1, 0.15) is 10.3 Å². The van der Waals surface area contributed by atoms with Crippen LogP contribution in [0.3, 0.4) is 0 Å². The Hall–Kier alpha value is -1.59. The van der Waals surface area contributed by atoms with Gasteiger partial charge in [0.15, 0.2) is 5.82 Å². The average Bonchev–Trinajstić information content (AvgIpc) is 2.41. The molecule has 3 aromatic rings. The van der Waals surface area contributed by atoms with Crippen LogP contribution in [0.25, 0.3) is 22.3 Å². The van der Waals surface area contributed by atoms with Crippen LogP contribution in [0.15, 0.2) is 47.2 Å². The van der Waals surface area contributed by atoms with Gasteiger partial charge in [-0.25, -0.2) is 4.98 Å². The number of pyridine rings is 1. The van der Waals surface area contributed by atoms with Crippen LogP contribution in [-0.4, -0.2) is 15.0 Å². The molecule has 0 unspecified atom stereocenters. The van der Waals surface area contributed by atoms with Crippen molar-refractivity contribution in [2.45, 2.75) is 0 Å². The summed E-state index contributed by atoms with van der Waals surface area (Å²) in [5.74, 6) is 0.681. The molecular formula is C13H8BrN3S. The van der Waals surface area contributed by atoms with Crippen LogP contribution in [0.1, 0.15) is 0 Å². The van der Waals surface area contributed by atoms with Crippen molar-refractivity contribution in [1.29, 1.82) is 0 Å². The Morgan fingerprint density at radius 1 is 1.11 bits per heavy atom. The molecule has 88 valence electrons. The lowest BCUT2D eigenvalue weighted by Gasteiger charge is -2.05. The van der Waals surface area contributed by atoms with Crippen molar-refractivity contribution >= 4 is 38.9 Å². The van der Waals surface area contributed by atoms with Gasteiger partial charge in [-0.05, 0) is 27.4 Å². The smallest absolute Gasteiger partial charge is 0.157 e. The fraction of sp³-hybridized carbons (Fsp3) is 0. The highest BCUT2D eigenvalue weighted by molar-refractivity contribution is 9.10. The van der Waals surface area contributed by atoms with Crippen molar-refractivity contribution < 1.29 is 0 Å². The average molecular weight is 318 g/mol. The molecular weight excluding hydrogens is 310 g/mol. The molecule has 0 bridgehead atoms. The predicted molar refractivity (Wildman–Crippen MR) is 77.9 cm³/mol. The zero-order valence-corrected chi connectivity index (χ0v) is 11.6. The molecule has 1 N–H and O–H groups in total. The van der Waals surface area contributed by atoms with Crippen LogP contribution in [-0.2, 0) is 0 Å².